The van der Waals surface area contributed by atoms with Crippen molar-refractivity contribution in [1.29, 1.82) is 0 Å². The van der Waals surface area contributed by atoms with Crippen molar-refractivity contribution in [3.63, 3.8) is 0 Å². The molecule has 0 spiro atoms. The number of pyridine rings is 1. The Balaban J connectivity index is 1.84. The molecule has 128 valence electrons. The molecule has 0 radical (unpaired) electrons. The Labute approximate surface area is 139 Å². The van der Waals surface area contributed by atoms with Crippen molar-refractivity contribution in [3.05, 3.63) is 46.0 Å². The van der Waals surface area contributed by atoms with Gasteiger partial charge in [0.25, 0.3) is 11.5 Å². The van der Waals surface area contributed by atoms with E-state index >= 15 is 0 Å². The van der Waals surface area contributed by atoms with Crippen LogP contribution < -0.4 is 5.56 Å². The Kier molecular flexibility index (Phi) is 4.94. The lowest BCUT2D eigenvalue weighted by Gasteiger charge is -2.32. The quantitative estimate of drug-likeness (QED) is 0.936. The molecule has 5 nitrogen and oxygen atoms in total. The zero-order chi connectivity index (χ0) is 17.1. The fourth-order valence-corrected chi connectivity index (χ4v) is 3.17. The highest BCUT2D eigenvalue weighted by atomic mass is 19.1. The van der Waals surface area contributed by atoms with Gasteiger partial charge in [0.15, 0.2) is 0 Å². The van der Waals surface area contributed by atoms with Gasteiger partial charge in [-0.3, -0.25) is 9.59 Å². The predicted octanol–water partition coefficient (Wildman–Crippen LogP) is 2.56. The molecular weight excluding hydrogens is 311 g/mol. The first-order chi connectivity index (χ1) is 11.6. The SMILES string of the molecule is CCOCC1CCCN(C(=O)c2cc3ccc(F)cc3[nH]c2=O)C1. The zero-order valence-corrected chi connectivity index (χ0v) is 13.7. The lowest BCUT2D eigenvalue weighted by molar-refractivity contribution is 0.0500. The first kappa shape index (κ1) is 16.6. The Hall–Kier alpha value is -2.21. The van der Waals surface area contributed by atoms with Gasteiger partial charge in [0.05, 0.1) is 12.1 Å². The molecule has 1 N–H and O–H groups in total. The van der Waals surface area contributed by atoms with Gasteiger partial charge in [-0.2, -0.15) is 0 Å². The maximum absolute atomic E-state index is 13.3. The van der Waals surface area contributed by atoms with Crippen LogP contribution in [0.15, 0.2) is 29.1 Å². The number of piperidine rings is 1. The standard InChI is InChI=1S/C18H21FN2O3/c1-2-24-11-12-4-3-7-21(10-12)18(23)15-8-13-5-6-14(19)9-16(13)20-17(15)22/h5-6,8-9,12H,2-4,7,10-11H2,1H3,(H,20,22). The summed E-state index contributed by atoms with van der Waals surface area (Å²) in [4.78, 5) is 29.3. The van der Waals surface area contributed by atoms with Gasteiger partial charge in [-0.05, 0) is 55.3 Å². The van der Waals surface area contributed by atoms with Gasteiger partial charge in [-0.25, -0.2) is 4.39 Å². The van der Waals surface area contributed by atoms with Crippen molar-refractivity contribution in [2.24, 2.45) is 5.92 Å². The molecule has 1 fully saturated rings. The smallest absolute Gasteiger partial charge is 0.261 e. The van der Waals surface area contributed by atoms with E-state index in [2.05, 4.69) is 4.98 Å². The topological polar surface area (TPSA) is 62.4 Å². The van der Waals surface area contributed by atoms with E-state index in [4.69, 9.17) is 4.74 Å². The van der Waals surface area contributed by atoms with Crippen LogP contribution >= 0.6 is 0 Å². The van der Waals surface area contributed by atoms with Gasteiger partial charge in [-0.15, -0.1) is 0 Å². The fraction of sp³-hybridized carbons (Fsp3) is 0.444. The average Bonchev–Trinajstić information content (AvgIpc) is 2.59. The minimum absolute atomic E-state index is 0.103. The number of amides is 1. The van der Waals surface area contributed by atoms with E-state index in [1.54, 1.807) is 17.0 Å². The number of H-pyrrole nitrogens is 1. The number of ether oxygens (including phenoxy) is 1. The van der Waals surface area contributed by atoms with Crippen molar-refractivity contribution >= 4 is 16.8 Å². The third kappa shape index (κ3) is 3.48. The first-order valence-corrected chi connectivity index (χ1v) is 8.28. The monoisotopic (exact) mass is 332 g/mol. The third-order valence-electron chi connectivity index (χ3n) is 4.40. The van der Waals surface area contributed by atoms with Crippen LogP contribution in [0.25, 0.3) is 10.9 Å². The summed E-state index contributed by atoms with van der Waals surface area (Å²) in [7, 11) is 0. The maximum Gasteiger partial charge on any atom is 0.261 e. The number of carbonyl (C=O) groups excluding carboxylic acids is 1. The Morgan fingerprint density at radius 3 is 3.04 bits per heavy atom. The molecule has 1 saturated heterocycles. The molecule has 1 aromatic carbocycles. The van der Waals surface area contributed by atoms with Crippen LogP contribution in [0.1, 0.15) is 30.1 Å². The average molecular weight is 332 g/mol. The van der Waals surface area contributed by atoms with Crippen LogP contribution in [-0.2, 0) is 4.74 Å². The van der Waals surface area contributed by atoms with Crippen LogP contribution in [0.5, 0.6) is 0 Å². The number of halogens is 1. The Morgan fingerprint density at radius 1 is 1.42 bits per heavy atom. The number of rotatable bonds is 4. The lowest BCUT2D eigenvalue weighted by Crippen LogP contribution is -2.42. The van der Waals surface area contributed by atoms with Gasteiger partial charge in [0, 0.05) is 19.7 Å². The molecule has 6 heteroatoms. The van der Waals surface area contributed by atoms with E-state index in [1.165, 1.54) is 12.1 Å². The van der Waals surface area contributed by atoms with Crippen LogP contribution in [0.4, 0.5) is 4.39 Å². The van der Waals surface area contributed by atoms with E-state index in [0.717, 1.165) is 12.8 Å². The molecule has 24 heavy (non-hydrogen) atoms. The van der Waals surface area contributed by atoms with Crippen molar-refractivity contribution < 1.29 is 13.9 Å². The molecule has 1 aromatic heterocycles. The molecule has 2 aromatic rings. The van der Waals surface area contributed by atoms with Crippen molar-refractivity contribution in [3.8, 4) is 0 Å². The molecule has 0 saturated carbocycles. The van der Waals surface area contributed by atoms with Crippen molar-refractivity contribution in [1.82, 2.24) is 9.88 Å². The molecule has 1 unspecified atom stereocenters. The van der Waals surface area contributed by atoms with Crippen LogP contribution in [0.3, 0.4) is 0 Å². The number of fused-ring (bicyclic) bond motifs is 1. The zero-order valence-electron chi connectivity index (χ0n) is 13.7. The number of likely N-dealkylation sites (tertiary alicyclic amines) is 1. The van der Waals surface area contributed by atoms with E-state index < -0.39 is 11.4 Å². The van der Waals surface area contributed by atoms with Gasteiger partial charge in [0.2, 0.25) is 0 Å². The molecule has 0 bridgehead atoms. The molecule has 1 aliphatic rings. The lowest BCUT2D eigenvalue weighted by atomic mass is 9.98. The van der Waals surface area contributed by atoms with Crippen LogP contribution in [0.2, 0.25) is 0 Å². The molecule has 0 aliphatic carbocycles. The molecule has 1 atom stereocenters. The summed E-state index contributed by atoms with van der Waals surface area (Å²) in [6.07, 6.45) is 1.93. The maximum atomic E-state index is 13.3. The second-order valence-corrected chi connectivity index (χ2v) is 6.16. The summed E-state index contributed by atoms with van der Waals surface area (Å²) < 4.78 is 18.7. The highest BCUT2D eigenvalue weighted by Crippen LogP contribution is 2.19. The van der Waals surface area contributed by atoms with Gasteiger partial charge < -0.3 is 14.6 Å². The number of nitrogens with zero attached hydrogens (tertiary/aromatic N) is 1. The summed E-state index contributed by atoms with van der Waals surface area (Å²) in [6.45, 7) is 4.48. The van der Waals surface area contributed by atoms with Gasteiger partial charge >= 0.3 is 0 Å². The summed E-state index contributed by atoms with van der Waals surface area (Å²) in [5.41, 5.74) is 0.0145. The number of hydrogen-bond donors (Lipinski definition) is 1. The van der Waals surface area contributed by atoms with Crippen LogP contribution in [-0.4, -0.2) is 42.1 Å². The van der Waals surface area contributed by atoms with E-state index in [0.29, 0.717) is 43.1 Å². The summed E-state index contributed by atoms with van der Waals surface area (Å²) in [5, 5.41) is 0.641. The molecule has 2 heterocycles. The normalized spacial score (nSPS) is 18.1. The molecule has 1 aliphatic heterocycles. The summed E-state index contributed by atoms with van der Waals surface area (Å²) >= 11 is 0. The van der Waals surface area contributed by atoms with Crippen molar-refractivity contribution in [2.75, 3.05) is 26.3 Å². The summed E-state index contributed by atoms with van der Waals surface area (Å²) in [6, 6.07) is 5.67. The highest BCUT2D eigenvalue weighted by molar-refractivity contribution is 5.97. The van der Waals surface area contributed by atoms with E-state index in [1.807, 2.05) is 6.92 Å². The fourth-order valence-electron chi connectivity index (χ4n) is 3.17. The number of hydrogen-bond acceptors (Lipinski definition) is 3. The number of aromatic amines is 1. The first-order valence-electron chi connectivity index (χ1n) is 8.28. The number of nitrogens with one attached hydrogen (secondary N) is 1. The van der Waals surface area contributed by atoms with E-state index in [9.17, 15) is 14.0 Å². The molecule has 1 amide bonds. The van der Waals surface area contributed by atoms with E-state index in [-0.39, 0.29) is 11.5 Å². The number of benzene rings is 1. The number of carbonyl (C=O) groups is 1. The Bertz CT molecular complexity index is 802. The second-order valence-electron chi connectivity index (χ2n) is 6.16. The number of aromatic nitrogens is 1. The van der Waals surface area contributed by atoms with Gasteiger partial charge in [-0.1, -0.05) is 0 Å². The highest BCUT2D eigenvalue weighted by Gasteiger charge is 2.26. The third-order valence-corrected chi connectivity index (χ3v) is 4.40. The van der Waals surface area contributed by atoms with Crippen LogP contribution in [0, 0.1) is 11.7 Å². The Morgan fingerprint density at radius 2 is 2.25 bits per heavy atom. The molecular formula is C18H21FN2O3. The predicted molar refractivity (Wildman–Crippen MR) is 89.6 cm³/mol. The molecule has 3 rings (SSSR count). The van der Waals surface area contributed by atoms with Crippen molar-refractivity contribution in [2.45, 2.75) is 19.8 Å². The minimum atomic E-state index is -0.481. The second kappa shape index (κ2) is 7.13. The minimum Gasteiger partial charge on any atom is -0.381 e. The van der Waals surface area contributed by atoms with Gasteiger partial charge in [0.1, 0.15) is 11.4 Å². The largest absolute Gasteiger partial charge is 0.381 e. The summed E-state index contributed by atoms with van der Waals surface area (Å²) in [5.74, 6) is -0.396.